The van der Waals surface area contributed by atoms with Gasteiger partial charge in [-0.2, -0.15) is 0 Å². The summed E-state index contributed by atoms with van der Waals surface area (Å²) in [6, 6.07) is 18.2. The summed E-state index contributed by atoms with van der Waals surface area (Å²) < 4.78 is 0. The Morgan fingerprint density at radius 2 is 1.23 bits per heavy atom. The van der Waals surface area contributed by atoms with Crippen molar-refractivity contribution >= 4 is 17.3 Å². The average Bonchev–Trinajstić information content (AvgIpc) is 2.55. The van der Waals surface area contributed by atoms with Crippen molar-refractivity contribution in [1.82, 2.24) is 0 Å². The quantitative estimate of drug-likeness (QED) is 0.553. The van der Waals surface area contributed by atoms with E-state index in [1.54, 1.807) is 24.3 Å². The van der Waals surface area contributed by atoms with Crippen molar-refractivity contribution < 1.29 is 14.4 Å². The van der Waals surface area contributed by atoms with Crippen LogP contribution < -0.4 is 0 Å². The number of benzene rings is 2. The van der Waals surface area contributed by atoms with E-state index in [4.69, 9.17) is 0 Å². The third-order valence-corrected chi connectivity index (χ3v) is 3.38. The van der Waals surface area contributed by atoms with Gasteiger partial charge < -0.3 is 0 Å². The molecule has 0 amide bonds. The molecule has 0 saturated heterocycles. The summed E-state index contributed by atoms with van der Waals surface area (Å²) in [5, 5.41) is 0. The molecule has 0 aliphatic heterocycles. The molecule has 3 nitrogen and oxygen atoms in total. The highest BCUT2D eigenvalue weighted by molar-refractivity contribution is 6.08. The topological polar surface area (TPSA) is 51.2 Å². The molecule has 22 heavy (non-hydrogen) atoms. The van der Waals surface area contributed by atoms with Gasteiger partial charge >= 0.3 is 0 Å². The molecule has 2 aromatic rings. The van der Waals surface area contributed by atoms with Crippen molar-refractivity contribution in [1.29, 1.82) is 0 Å². The number of carbonyl (C=O) groups excluding carboxylic acids is 3. The van der Waals surface area contributed by atoms with Crippen molar-refractivity contribution in [2.75, 3.05) is 0 Å². The van der Waals surface area contributed by atoms with E-state index in [9.17, 15) is 14.4 Å². The first-order valence-electron chi connectivity index (χ1n) is 7.31. The molecule has 0 unspecified atom stereocenters. The maximum Gasteiger partial charge on any atom is 0.170 e. The van der Waals surface area contributed by atoms with Crippen LogP contribution in [-0.2, 0) is 16.0 Å². The lowest BCUT2D eigenvalue weighted by atomic mass is 10.0. The zero-order chi connectivity index (χ0) is 15.8. The summed E-state index contributed by atoms with van der Waals surface area (Å²) >= 11 is 0. The van der Waals surface area contributed by atoms with Crippen LogP contribution in [0.25, 0.3) is 0 Å². The van der Waals surface area contributed by atoms with Gasteiger partial charge in [-0.3, -0.25) is 14.4 Å². The highest BCUT2D eigenvalue weighted by Gasteiger charge is 2.13. The Balaban J connectivity index is 1.76. The van der Waals surface area contributed by atoms with Crippen molar-refractivity contribution in [3.05, 3.63) is 71.8 Å². The summed E-state index contributed by atoms with van der Waals surface area (Å²) in [6.45, 7) is 0. The van der Waals surface area contributed by atoms with Gasteiger partial charge in [0.25, 0.3) is 0 Å². The van der Waals surface area contributed by atoms with Gasteiger partial charge in [-0.05, 0) is 5.56 Å². The predicted molar refractivity (Wildman–Crippen MR) is 84.8 cm³/mol. The summed E-state index contributed by atoms with van der Waals surface area (Å²) in [4.78, 5) is 35.5. The van der Waals surface area contributed by atoms with E-state index < -0.39 is 0 Å². The number of Topliss-reactive ketones (excluding diaryl/α,β-unsaturated/α-hetero) is 3. The molecular weight excluding hydrogens is 276 g/mol. The summed E-state index contributed by atoms with van der Waals surface area (Å²) in [5.41, 5.74) is 1.48. The molecule has 2 aromatic carbocycles. The SMILES string of the molecule is O=C(CCC(=O)Cc1ccccc1)CC(=O)c1ccccc1. The minimum atomic E-state index is -0.193. The normalized spacial score (nSPS) is 10.2. The molecule has 112 valence electrons. The molecule has 0 radical (unpaired) electrons. The number of hydrogen-bond acceptors (Lipinski definition) is 3. The van der Waals surface area contributed by atoms with Gasteiger partial charge in [0.2, 0.25) is 0 Å². The number of ketones is 3. The lowest BCUT2D eigenvalue weighted by Gasteiger charge is -2.02. The smallest absolute Gasteiger partial charge is 0.170 e. The summed E-state index contributed by atoms with van der Waals surface area (Å²) in [7, 11) is 0. The molecule has 0 aliphatic rings. The van der Waals surface area contributed by atoms with Crippen LogP contribution in [0.1, 0.15) is 35.2 Å². The molecule has 0 N–H and O–H groups in total. The van der Waals surface area contributed by atoms with Gasteiger partial charge in [-0.25, -0.2) is 0 Å². The summed E-state index contributed by atoms with van der Waals surface area (Å²) in [6.07, 6.45) is 0.517. The second kappa shape index (κ2) is 8.03. The Kier molecular flexibility index (Phi) is 5.78. The standard InChI is InChI=1S/C19H18O3/c20-17(13-15-7-3-1-4-8-15)11-12-18(21)14-19(22)16-9-5-2-6-10-16/h1-10H,11-14H2. The predicted octanol–water partition coefficient (Wildman–Crippen LogP) is 3.42. The van der Waals surface area contributed by atoms with Gasteiger partial charge in [0.15, 0.2) is 5.78 Å². The minimum absolute atomic E-state index is 0.0201. The Hall–Kier alpha value is -2.55. The fourth-order valence-electron chi connectivity index (χ4n) is 2.18. The Morgan fingerprint density at radius 1 is 0.682 bits per heavy atom. The molecule has 3 heteroatoms. The first-order chi connectivity index (χ1) is 10.6. The zero-order valence-electron chi connectivity index (χ0n) is 12.3. The molecule has 2 rings (SSSR count). The molecule has 0 spiro atoms. The van der Waals surface area contributed by atoms with Gasteiger partial charge in [0, 0.05) is 24.8 Å². The van der Waals surface area contributed by atoms with Crippen LogP contribution in [0.2, 0.25) is 0 Å². The fraction of sp³-hybridized carbons (Fsp3) is 0.211. The molecule has 0 aromatic heterocycles. The molecule has 0 atom stereocenters. The van der Waals surface area contributed by atoms with Gasteiger partial charge in [0.05, 0.1) is 6.42 Å². The molecule has 0 aliphatic carbocycles. The lowest BCUT2D eigenvalue weighted by molar-refractivity contribution is -0.123. The maximum absolute atomic E-state index is 11.9. The Morgan fingerprint density at radius 3 is 1.86 bits per heavy atom. The largest absolute Gasteiger partial charge is 0.299 e. The van der Waals surface area contributed by atoms with Crippen LogP contribution in [0.15, 0.2) is 60.7 Å². The van der Waals surface area contributed by atoms with E-state index in [-0.39, 0.29) is 36.6 Å². The van der Waals surface area contributed by atoms with Crippen molar-refractivity contribution in [3.63, 3.8) is 0 Å². The zero-order valence-corrected chi connectivity index (χ0v) is 12.3. The average molecular weight is 294 g/mol. The van der Waals surface area contributed by atoms with Crippen LogP contribution in [0.5, 0.6) is 0 Å². The monoisotopic (exact) mass is 294 g/mol. The number of hydrogen-bond donors (Lipinski definition) is 0. The third kappa shape index (κ3) is 5.09. The maximum atomic E-state index is 11.9. The van der Waals surface area contributed by atoms with Gasteiger partial charge in [-0.1, -0.05) is 60.7 Å². The van der Waals surface area contributed by atoms with Crippen molar-refractivity contribution in [2.24, 2.45) is 0 Å². The molecule has 0 fully saturated rings. The lowest BCUT2D eigenvalue weighted by Crippen LogP contribution is -2.11. The van der Waals surface area contributed by atoms with Gasteiger partial charge in [0.1, 0.15) is 11.6 Å². The highest BCUT2D eigenvalue weighted by Crippen LogP contribution is 2.08. The Bertz CT molecular complexity index is 645. The van der Waals surface area contributed by atoms with Crippen LogP contribution >= 0.6 is 0 Å². The summed E-state index contributed by atoms with van der Waals surface area (Å²) in [5.74, 6) is -0.358. The first-order valence-corrected chi connectivity index (χ1v) is 7.31. The third-order valence-electron chi connectivity index (χ3n) is 3.38. The van der Waals surface area contributed by atoms with E-state index in [0.717, 1.165) is 5.56 Å². The fourth-order valence-corrected chi connectivity index (χ4v) is 2.18. The van der Waals surface area contributed by atoms with Crippen LogP contribution in [0.3, 0.4) is 0 Å². The van der Waals surface area contributed by atoms with E-state index in [1.807, 2.05) is 36.4 Å². The highest BCUT2D eigenvalue weighted by atomic mass is 16.1. The van der Waals surface area contributed by atoms with Crippen LogP contribution in [0, 0.1) is 0 Å². The van der Waals surface area contributed by atoms with E-state index >= 15 is 0 Å². The van der Waals surface area contributed by atoms with Crippen molar-refractivity contribution in [2.45, 2.75) is 25.7 Å². The van der Waals surface area contributed by atoms with Crippen molar-refractivity contribution in [3.8, 4) is 0 Å². The van der Waals surface area contributed by atoms with Crippen LogP contribution in [-0.4, -0.2) is 17.3 Å². The number of carbonyl (C=O) groups is 3. The van der Waals surface area contributed by atoms with E-state index in [2.05, 4.69) is 0 Å². The minimum Gasteiger partial charge on any atom is -0.299 e. The first kappa shape index (κ1) is 15.8. The molecule has 0 heterocycles. The second-order valence-electron chi connectivity index (χ2n) is 5.21. The van der Waals surface area contributed by atoms with Crippen LogP contribution in [0.4, 0.5) is 0 Å². The Labute approximate surface area is 130 Å². The number of rotatable bonds is 8. The second-order valence-corrected chi connectivity index (χ2v) is 5.21. The molecular formula is C19H18O3. The molecule has 0 bridgehead atoms. The van der Waals surface area contributed by atoms with E-state index in [1.165, 1.54) is 0 Å². The molecule has 0 saturated carbocycles. The van der Waals surface area contributed by atoms with Gasteiger partial charge in [-0.15, -0.1) is 0 Å². The van der Waals surface area contributed by atoms with E-state index in [0.29, 0.717) is 12.0 Å².